The van der Waals surface area contributed by atoms with Gasteiger partial charge in [-0.05, 0) is 0 Å². The zero-order valence-corrected chi connectivity index (χ0v) is 10.5. The van der Waals surface area contributed by atoms with Crippen molar-refractivity contribution in [1.82, 2.24) is 9.55 Å². The van der Waals surface area contributed by atoms with E-state index in [1.807, 2.05) is 0 Å². The molecule has 0 aromatic carbocycles. The molecule has 10 heteroatoms. The van der Waals surface area contributed by atoms with Gasteiger partial charge in [-0.2, -0.15) is 4.98 Å². The van der Waals surface area contributed by atoms with Crippen LogP contribution in [0, 0.1) is 0 Å². The molecule has 1 heterocycles. The Balaban J connectivity index is 2.80. The summed E-state index contributed by atoms with van der Waals surface area (Å²) in [4.78, 5) is 23.5. The Hall–Kier alpha value is -1.25. The zero-order valence-electron chi connectivity index (χ0n) is 9.59. The van der Waals surface area contributed by atoms with Crippen molar-refractivity contribution < 1.29 is 23.6 Å². The monoisotopic (exact) mass is 279 g/mol. The Bertz CT molecular complexity index is 504. The van der Waals surface area contributed by atoms with E-state index in [0.717, 1.165) is 7.11 Å². The minimum atomic E-state index is -4.20. The number of hydrogen-bond acceptors (Lipinski definition) is 7. The number of aliphatic hydroxyl groups is 1. The summed E-state index contributed by atoms with van der Waals surface area (Å²) >= 11 is 0. The number of phosphoric ester groups is 1. The topological polar surface area (TPSA) is 137 Å². The van der Waals surface area contributed by atoms with Crippen LogP contribution < -0.4 is 11.3 Å². The van der Waals surface area contributed by atoms with Crippen LogP contribution in [-0.4, -0.2) is 39.4 Å². The van der Waals surface area contributed by atoms with Gasteiger partial charge in [0.1, 0.15) is 6.10 Å². The molecule has 1 unspecified atom stereocenters. The standard InChI is InChI=1S/C8H14N3O6P/c1-16-18(14,15)17-6(5-12)4-11-3-2-7(13)10-8(11)9/h2-3,6,12H,4-5H2,1H3,(H,14,15)(H2,9,10,13)/t6-/m0/s1. The van der Waals surface area contributed by atoms with Crippen molar-refractivity contribution in [2.24, 2.45) is 0 Å². The van der Waals surface area contributed by atoms with Gasteiger partial charge in [0.05, 0.1) is 13.2 Å². The van der Waals surface area contributed by atoms with Crippen LogP contribution in [0.3, 0.4) is 0 Å². The zero-order chi connectivity index (χ0) is 13.8. The summed E-state index contributed by atoms with van der Waals surface area (Å²) < 4.78 is 21.4. The van der Waals surface area contributed by atoms with Gasteiger partial charge in [-0.3, -0.25) is 13.8 Å². The fraction of sp³-hybridized carbons (Fsp3) is 0.500. The summed E-state index contributed by atoms with van der Waals surface area (Å²) in [5, 5.41) is 9.04. The second-order valence-electron chi connectivity index (χ2n) is 3.34. The molecule has 0 bridgehead atoms. The summed E-state index contributed by atoms with van der Waals surface area (Å²) in [5.41, 5.74) is 4.97. The average molecular weight is 279 g/mol. The molecule has 0 radical (unpaired) electrons. The van der Waals surface area contributed by atoms with Crippen LogP contribution in [0.5, 0.6) is 0 Å². The fourth-order valence-electron chi connectivity index (χ4n) is 1.17. The predicted molar refractivity (Wildman–Crippen MR) is 61.7 cm³/mol. The lowest BCUT2D eigenvalue weighted by atomic mass is 10.4. The predicted octanol–water partition coefficient (Wildman–Crippen LogP) is -1.05. The van der Waals surface area contributed by atoms with E-state index in [1.165, 1.54) is 16.8 Å². The quantitative estimate of drug-likeness (QED) is 0.561. The van der Waals surface area contributed by atoms with Crippen molar-refractivity contribution in [1.29, 1.82) is 0 Å². The number of anilines is 1. The highest BCUT2D eigenvalue weighted by atomic mass is 31.2. The minimum Gasteiger partial charge on any atom is -0.394 e. The van der Waals surface area contributed by atoms with Crippen LogP contribution >= 0.6 is 7.82 Å². The summed E-state index contributed by atoms with van der Waals surface area (Å²) in [6, 6.07) is 1.17. The van der Waals surface area contributed by atoms with Gasteiger partial charge in [0.15, 0.2) is 0 Å². The van der Waals surface area contributed by atoms with Crippen LogP contribution in [-0.2, 0) is 20.2 Å². The summed E-state index contributed by atoms with van der Waals surface area (Å²) in [6.45, 7) is -0.580. The molecule has 4 N–H and O–H groups in total. The summed E-state index contributed by atoms with van der Waals surface area (Å²) in [6.07, 6.45) is 0.318. The maximum absolute atomic E-state index is 11.2. The number of nitrogens with zero attached hydrogens (tertiary/aromatic N) is 2. The van der Waals surface area contributed by atoms with E-state index >= 15 is 0 Å². The first kappa shape index (κ1) is 14.8. The number of rotatable bonds is 6. The molecule has 18 heavy (non-hydrogen) atoms. The second kappa shape index (κ2) is 6.07. The fourth-order valence-corrected chi connectivity index (χ4v) is 1.77. The van der Waals surface area contributed by atoms with Gasteiger partial charge in [-0.15, -0.1) is 0 Å². The minimum absolute atomic E-state index is 0.0521. The van der Waals surface area contributed by atoms with Crippen molar-refractivity contribution in [3.63, 3.8) is 0 Å². The Kier molecular flexibility index (Phi) is 5.00. The normalized spacial score (nSPS) is 16.2. The number of nitrogen functional groups attached to an aromatic ring is 1. The Morgan fingerprint density at radius 1 is 1.67 bits per heavy atom. The maximum Gasteiger partial charge on any atom is 0.472 e. The lowest BCUT2D eigenvalue weighted by molar-refractivity contribution is 0.0623. The molecule has 1 rings (SSSR count). The average Bonchev–Trinajstić information content (AvgIpc) is 2.31. The van der Waals surface area contributed by atoms with Crippen molar-refractivity contribution >= 4 is 13.8 Å². The van der Waals surface area contributed by atoms with Crippen LogP contribution in [0.4, 0.5) is 5.95 Å². The molecule has 2 atom stereocenters. The molecule has 0 spiro atoms. The number of aliphatic hydroxyl groups excluding tert-OH is 1. The smallest absolute Gasteiger partial charge is 0.394 e. The van der Waals surface area contributed by atoms with E-state index in [9.17, 15) is 9.36 Å². The molecule has 0 saturated heterocycles. The molecule has 1 aromatic heterocycles. The largest absolute Gasteiger partial charge is 0.472 e. The molecule has 9 nitrogen and oxygen atoms in total. The number of hydrogen-bond donors (Lipinski definition) is 3. The highest BCUT2D eigenvalue weighted by Crippen LogP contribution is 2.43. The van der Waals surface area contributed by atoms with E-state index in [2.05, 4.69) is 14.0 Å². The van der Waals surface area contributed by atoms with Crippen molar-refractivity contribution in [2.45, 2.75) is 12.6 Å². The Morgan fingerprint density at radius 2 is 2.33 bits per heavy atom. The maximum atomic E-state index is 11.2. The van der Waals surface area contributed by atoms with Crippen molar-refractivity contribution in [2.75, 3.05) is 19.5 Å². The van der Waals surface area contributed by atoms with Gasteiger partial charge in [0, 0.05) is 19.4 Å². The molecule has 0 amide bonds. The van der Waals surface area contributed by atoms with Gasteiger partial charge in [-0.1, -0.05) is 0 Å². The third-order valence-electron chi connectivity index (χ3n) is 2.03. The number of phosphoric acid groups is 1. The van der Waals surface area contributed by atoms with E-state index in [0.29, 0.717) is 0 Å². The van der Waals surface area contributed by atoms with E-state index in [4.69, 9.17) is 15.7 Å². The molecule has 102 valence electrons. The SMILES string of the molecule is COP(=O)(O)O[C@H](CO)Cn1ccc(=O)nc1N. The third kappa shape index (κ3) is 4.21. The molecule has 0 aliphatic heterocycles. The van der Waals surface area contributed by atoms with Gasteiger partial charge in [0.2, 0.25) is 5.95 Å². The van der Waals surface area contributed by atoms with E-state index < -0.39 is 26.1 Å². The second-order valence-corrected chi connectivity index (χ2v) is 4.85. The lowest BCUT2D eigenvalue weighted by Crippen LogP contribution is -2.26. The lowest BCUT2D eigenvalue weighted by Gasteiger charge is -2.19. The van der Waals surface area contributed by atoms with Crippen LogP contribution in [0.2, 0.25) is 0 Å². The first-order chi connectivity index (χ1) is 8.38. The van der Waals surface area contributed by atoms with Crippen molar-refractivity contribution in [3.8, 4) is 0 Å². The molecule has 0 saturated carbocycles. The van der Waals surface area contributed by atoms with Crippen molar-refractivity contribution in [3.05, 3.63) is 22.6 Å². The Morgan fingerprint density at radius 3 is 2.83 bits per heavy atom. The number of aromatic nitrogens is 2. The first-order valence-corrected chi connectivity index (χ1v) is 6.38. The Labute approximate surface area is 102 Å². The van der Waals surface area contributed by atoms with Crippen LogP contribution in [0.15, 0.2) is 17.1 Å². The molecule has 1 aromatic rings. The number of nitrogens with two attached hydrogens (primary N) is 1. The van der Waals surface area contributed by atoms with Gasteiger partial charge >= 0.3 is 7.82 Å². The molecule has 0 fully saturated rings. The van der Waals surface area contributed by atoms with Gasteiger partial charge < -0.3 is 20.3 Å². The summed E-state index contributed by atoms with van der Waals surface area (Å²) in [5.74, 6) is -0.0882. The molecule has 0 aliphatic carbocycles. The van der Waals surface area contributed by atoms with Gasteiger partial charge in [-0.25, -0.2) is 4.57 Å². The van der Waals surface area contributed by atoms with E-state index in [1.54, 1.807) is 0 Å². The summed E-state index contributed by atoms with van der Waals surface area (Å²) in [7, 11) is -3.20. The highest BCUT2D eigenvalue weighted by molar-refractivity contribution is 7.47. The molecular weight excluding hydrogens is 265 g/mol. The van der Waals surface area contributed by atoms with Crippen LogP contribution in [0.1, 0.15) is 0 Å². The molecular formula is C8H14N3O6P. The van der Waals surface area contributed by atoms with Crippen LogP contribution in [0.25, 0.3) is 0 Å². The first-order valence-electron chi connectivity index (χ1n) is 4.88. The highest BCUT2D eigenvalue weighted by Gasteiger charge is 2.25. The van der Waals surface area contributed by atoms with E-state index in [-0.39, 0.29) is 12.5 Å². The third-order valence-corrected chi connectivity index (χ3v) is 3.06. The van der Waals surface area contributed by atoms with Gasteiger partial charge in [0.25, 0.3) is 5.56 Å². The molecule has 0 aliphatic rings.